The Bertz CT molecular complexity index is 370. The van der Waals surface area contributed by atoms with Gasteiger partial charge < -0.3 is 11.1 Å². The summed E-state index contributed by atoms with van der Waals surface area (Å²) in [5, 5.41) is 3.27. The molecule has 2 nitrogen and oxygen atoms in total. The van der Waals surface area contributed by atoms with Crippen LogP contribution < -0.4 is 11.1 Å². The quantitative estimate of drug-likeness (QED) is 0.845. The third-order valence-corrected chi connectivity index (χ3v) is 3.79. The number of alkyl halides is 1. The highest BCUT2D eigenvalue weighted by Gasteiger charge is 2.36. The molecule has 0 amide bonds. The number of piperidine rings is 1. The fraction of sp³-hybridized carbons (Fsp3) is 0.571. The van der Waals surface area contributed by atoms with Crippen LogP contribution in [0.3, 0.4) is 0 Å². The Labute approximate surface area is 102 Å². The van der Waals surface area contributed by atoms with E-state index in [9.17, 15) is 4.39 Å². The Morgan fingerprint density at radius 2 is 2.35 bits per heavy atom. The summed E-state index contributed by atoms with van der Waals surface area (Å²) in [5.41, 5.74) is 6.09. The highest BCUT2D eigenvalue weighted by atomic mass is 19.1. The average molecular weight is 236 g/mol. The molecule has 0 aliphatic carbocycles. The van der Waals surface area contributed by atoms with Crippen LogP contribution in [0.4, 0.5) is 4.39 Å². The first kappa shape index (κ1) is 12.5. The van der Waals surface area contributed by atoms with Crippen LogP contribution >= 0.6 is 0 Å². The molecule has 0 radical (unpaired) electrons. The van der Waals surface area contributed by atoms with E-state index in [1.165, 1.54) is 0 Å². The molecular weight excluding hydrogens is 215 g/mol. The predicted octanol–water partition coefficient (Wildman–Crippen LogP) is 2.33. The summed E-state index contributed by atoms with van der Waals surface area (Å²) in [6.07, 6.45) is 2.01. The topological polar surface area (TPSA) is 38.0 Å². The summed E-state index contributed by atoms with van der Waals surface area (Å²) >= 11 is 0. The van der Waals surface area contributed by atoms with Crippen LogP contribution in [0.2, 0.25) is 0 Å². The summed E-state index contributed by atoms with van der Waals surface area (Å²) in [7, 11) is 0. The van der Waals surface area contributed by atoms with Gasteiger partial charge in [0.05, 0.1) is 0 Å². The van der Waals surface area contributed by atoms with Gasteiger partial charge in [0, 0.05) is 19.0 Å². The van der Waals surface area contributed by atoms with E-state index in [4.69, 9.17) is 5.73 Å². The largest absolute Gasteiger partial charge is 0.326 e. The van der Waals surface area contributed by atoms with E-state index < -0.39 is 5.67 Å². The molecule has 1 fully saturated rings. The lowest BCUT2D eigenvalue weighted by Gasteiger charge is -2.34. The van der Waals surface area contributed by atoms with Crippen LogP contribution in [-0.4, -0.2) is 13.1 Å². The van der Waals surface area contributed by atoms with Crippen molar-refractivity contribution in [1.29, 1.82) is 0 Å². The molecule has 17 heavy (non-hydrogen) atoms. The second kappa shape index (κ2) is 5.15. The molecule has 0 spiro atoms. The van der Waals surface area contributed by atoms with Crippen LogP contribution in [0.25, 0.3) is 0 Å². The first-order valence-corrected chi connectivity index (χ1v) is 6.33. The van der Waals surface area contributed by atoms with Crippen LogP contribution in [0.15, 0.2) is 24.3 Å². The molecule has 0 aromatic heterocycles. The highest BCUT2D eigenvalue weighted by Crippen LogP contribution is 2.37. The molecule has 0 saturated carbocycles. The minimum atomic E-state index is -1.27. The Morgan fingerprint density at radius 3 is 3.00 bits per heavy atom. The standard InChI is InChI=1S/C14H21FN2/c1-14(15,13-6-3-7-17-10-13)12-5-2-4-11(8-12)9-16/h2,4-5,8,13,17H,3,6-7,9-10,16H2,1H3. The van der Waals surface area contributed by atoms with E-state index in [2.05, 4.69) is 5.32 Å². The minimum absolute atomic E-state index is 0.0595. The Hall–Kier alpha value is -0.930. The zero-order valence-corrected chi connectivity index (χ0v) is 10.4. The number of nitrogens with one attached hydrogen (secondary N) is 1. The van der Waals surface area contributed by atoms with Crippen molar-refractivity contribution in [3.8, 4) is 0 Å². The molecule has 1 aromatic carbocycles. The van der Waals surface area contributed by atoms with Crippen molar-refractivity contribution in [3.05, 3.63) is 35.4 Å². The maximum atomic E-state index is 14.9. The first-order chi connectivity index (χ1) is 8.14. The normalized spacial score (nSPS) is 24.3. The van der Waals surface area contributed by atoms with Gasteiger partial charge in [-0.25, -0.2) is 4.39 Å². The molecule has 1 aliphatic rings. The minimum Gasteiger partial charge on any atom is -0.326 e. The molecule has 2 rings (SSSR count). The van der Waals surface area contributed by atoms with Gasteiger partial charge in [0.1, 0.15) is 5.67 Å². The smallest absolute Gasteiger partial charge is 0.137 e. The van der Waals surface area contributed by atoms with E-state index >= 15 is 0 Å². The molecule has 3 N–H and O–H groups in total. The fourth-order valence-corrected chi connectivity index (χ4v) is 2.55. The van der Waals surface area contributed by atoms with Crippen molar-refractivity contribution in [2.24, 2.45) is 11.7 Å². The van der Waals surface area contributed by atoms with Gasteiger partial charge >= 0.3 is 0 Å². The predicted molar refractivity (Wildman–Crippen MR) is 68.4 cm³/mol. The highest BCUT2D eigenvalue weighted by molar-refractivity contribution is 5.28. The number of halogens is 1. The Morgan fingerprint density at radius 1 is 1.53 bits per heavy atom. The number of nitrogens with two attached hydrogens (primary N) is 1. The molecule has 1 aliphatic heterocycles. The first-order valence-electron chi connectivity index (χ1n) is 6.33. The number of hydrogen-bond acceptors (Lipinski definition) is 2. The van der Waals surface area contributed by atoms with Crippen LogP contribution in [-0.2, 0) is 12.2 Å². The zero-order chi connectivity index (χ0) is 12.3. The van der Waals surface area contributed by atoms with Gasteiger partial charge in [-0.05, 0) is 37.4 Å². The molecule has 2 unspecified atom stereocenters. The third kappa shape index (κ3) is 2.67. The number of benzene rings is 1. The lowest BCUT2D eigenvalue weighted by Crippen LogP contribution is -2.40. The third-order valence-electron chi connectivity index (χ3n) is 3.79. The average Bonchev–Trinajstić information content (AvgIpc) is 2.40. The van der Waals surface area contributed by atoms with Crippen molar-refractivity contribution in [3.63, 3.8) is 0 Å². The number of hydrogen-bond donors (Lipinski definition) is 2. The maximum absolute atomic E-state index is 14.9. The SMILES string of the molecule is CC(F)(c1cccc(CN)c1)C1CCCNC1. The molecule has 1 aromatic rings. The summed E-state index contributed by atoms with van der Waals surface area (Å²) in [5.74, 6) is 0.0595. The van der Waals surface area contributed by atoms with Crippen molar-refractivity contribution < 1.29 is 4.39 Å². The van der Waals surface area contributed by atoms with E-state index in [0.717, 1.165) is 37.1 Å². The number of rotatable bonds is 3. The monoisotopic (exact) mass is 236 g/mol. The van der Waals surface area contributed by atoms with Gasteiger partial charge in [-0.1, -0.05) is 24.3 Å². The Kier molecular flexibility index (Phi) is 3.79. The van der Waals surface area contributed by atoms with Gasteiger partial charge in [0.15, 0.2) is 0 Å². The van der Waals surface area contributed by atoms with Crippen molar-refractivity contribution in [2.45, 2.75) is 32.0 Å². The summed E-state index contributed by atoms with van der Waals surface area (Å²) < 4.78 is 14.9. The van der Waals surface area contributed by atoms with Crippen molar-refractivity contribution in [1.82, 2.24) is 5.32 Å². The molecule has 3 heteroatoms. The van der Waals surface area contributed by atoms with E-state index in [0.29, 0.717) is 6.54 Å². The second-order valence-electron chi connectivity index (χ2n) is 5.02. The second-order valence-corrected chi connectivity index (χ2v) is 5.02. The molecule has 94 valence electrons. The van der Waals surface area contributed by atoms with Gasteiger partial charge in [-0.2, -0.15) is 0 Å². The fourth-order valence-electron chi connectivity index (χ4n) is 2.55. The zero-order valence-electron chi connectivity index (χ0n) is 10.4. The van der Waals surface area contributed by atoms with E-state index in [1.54, 1.807) is 6.92 Å². The van der Waals surface area contributed by atoms with Gasteiger partial charge in [0.2, 0.25) is 0 Å². The lowest BCUT2D eigenvalue weighted by atomic mass is 9.80. The lowest BCUT2D eigenvalue weighted by molar-refractivity contribution is 0.0811. The van der Waals surface area contributed by atoms with Gasteiger partial charge in [-0.3, -0.25) is 0 Å². The molecule has 2 atom stereocenters. The van der Waals surface area contributed by atoms with Crippen LogP contribution in [0.1, 0.15) is 30.9 Å². The Balaban J connectivity index is 2.22. The molecular formula is C14H21FN2. The molecule has 0 bridgehead atoms. The summed E-state index contributed by atoms with van der Waals surface area (Å²) in [4.78, 5) is 0. The van der Waals surface area contributed by atoms with Crippen LogP contribution in [0.5, 0.6) is 0 Å². The van der Waals surface area contributed by atoms with Crippen LogP contribution in [0, 0.1) is 5.92 Å². The van der Waals surface area contributed by atoms with E-state index in [1.807, 2.05) is 24.3 Å². The summed E-state index contributed by atoms with van der Waals surface area (Å²) in [6.45, 7) is 3.93. The molecule has 1 heterocycles. The van der Waals surface area contributed by atoms with E-state index in [-0.39, 0.29) is 5.92 Å². The summed E-state index contributed by atoms with van der Waals surface area (Å²) in [6, 6.07) is 7.60. The van der Waals surface area contributed by atoms with Crippen molar-refractivity contribution >= 4 is 0 Å². The van der Waals surface area contributed by atoms with Crippen molar-refractivity contribution in [2.75, 3.05) is 13.1 Å². The van der Waals surface area contributed by atoms with Gasteiger partial charge in [-0.15, -0.1) is 0 Å². The molecule has 1 saturated heterocycles. The maximum Gasteiger partial charge on any atom is 0.137 e. The van der Waals surface area contributed by atoms with Gasteiger partial charge in [0.25, 0.3) is 0 Å².